The van der Waals surface area contributed by atoms with Crippen LogP contribution in [0.15, 0.2) is 54.6 Å². The van der Waals surface area contributed by atoms with Gasteiger partial charge in [-0.05, 0) is 42.5 Å². The molecule has 3 rings (SSSR count). The minimum absolute atomic E-state index is 0.0101. The van der Waals surface area contributed by atoms with Crippen LogP contribution in [0.1, 0.15) is 24.0 Å². The first-order valence-electron chi connectivity index (χ1n) is 12.0. The molecule has 1 aliphatic heterocycles. The van der Waals surface area contributed by atoms with Crippen LogP contribution in [0, 0.1) is 0 Å². The van der Waals surface area contributed by atoms with E-state index >= 15 is 0 Å². The average molecular weight is 513 g/mol. The van der Waals surface area contributed by atoms with Crippen molar-refractivity contribution in [3.63, 3.8) is 0 Å². The smallest absolute Gasteiger partial charge is 0.328 e. The molecule has 2 aromatic rings. The molecule has 4 atom stereocenters. The van der Waals surface area contributed by atoms with Crippen LogP contribution >= 0.6 is 0 Å². The molecule has 198 valence electrons. The van der Waals surface area contributed by atoms with E-state index in [1.54, 1.807) is 12.1 Å². The van der Waals surface area contributed by atoms with E-state index in [1.165, 1.54) is 17.0 Å². The van der Waals surface area contributed by atoms with E-state index in [4.69, 9.17) is 5.73 Å². The van der Waals surface area contributed by atoms with Gasteiger partial charge in [0.05, 0.1) is 12.6 Å². The second-order valence-electron chi connectivity index (χ2n) is 9.00. The number of carbonyl (C=O) groups excluding carboxylic acids is 3. The second kappa shape index (κ2) is 12.8. The fourth-order valence-electron chi connectivity index (χ4n) is 4.27. The molecule has 3 amide bonds. The van der Waals surface area contributed by atoms with E-state index in [2.05, 4.69) is 10.6 Å². The zero-order valence-electron chi connectivity index (χ0n) is 20.2. The number of amides is 3. The van der Waals surface area contributed by atoms with E-state index in [9.17, 15) is 34.5 Å². The number of aliphatic hydroxyl groups excluding tert-OH is 1. The number of hydrogen-bond acceptors (Lipinski definition) is 7. The Labute approximate surface area is 214 Å². The third kappa shape index (κ3) is 7.51. The van der Waals surface area contributed by atoms with E-state index < -0.39 is 48.6 Å². The highest BCUT2D eigenvalue weighted by Crippen LogP contribution is 2.20. The molecule has 0 saturated carbocycles. The van der Waals surface area contributed by atoms with Gasteiger partial charge in [-0.25, -0.2) is 4.79 Å². The zero-order chi connectivity index (χ0) is 26.9. The maximum atomic E-state index is 13.3. The summed E-state index contributed by atoms with van der Waals surface area (Å²) in [6.45, 7) is -0.481. The van der Waals surface area contributed by atoms with Crippen molar-refractivity contribution in [2.24, 2.45) is 5.73 Å². The third-order valence-electron chi connectivity index (χ3n) is 6.26. The number of carboxylic acid groups (broad SMARTS) is 1. The number of aromatic hydroxyl groups is 1. The lowest BCUT2D eigenvalue weighted by Gasteiger charge is -2.28. The number of nitrogens with two attached hydrogens (primary N) is 1. The SMILES string of the molecule is NC(Cc1ccccc1)C(=O)N1CCCC1C(=O)NC(Cc1ccc(O)cc1)C(=O)NC(CO)C(=O)O. The van der Waals surface area contributed by atoms with Gasteiger partial charge in [0.1, 0.15) is 23.9 Å². The Morgan fingerprint density at radius 3 is 2.22 bits per heavy atom. The molecular formula is C26H32N4O7. The largest absolute Gasteiger partial charge is 0.508 e. The van der Waals surface area contributed by atoms with Crippen molar-refractivity contribution >= 4 is 23.7 Å². The molecular weight excluding hydrogens is 480 g/mol. The summed E-state index contributed by atoms with van der Waals surface area (Å²) in [4.78, 5) is 52.0. The van der Waals surface area contributed by atoms with Crippen LogP contribution in [0.5, 0.6) is 5.75 Å². The lowest BCUT2D eigenvalue weighted by atomic mass is 10.0. The van der Waals surface area contributed by atoms with Crippen molar-refractivity contribution in [3.05, 3.63) is 65.7 Å². The molecule has 11 heteroatoms. The first-order valence-corrected chi connectivity index (χ1v) is 12.0. The molecule has 37 heavy (non-hydrogen) atoms. The molecule has 0 spiro atoms. The number of rotatable bonds is 11. The quantitative estimate of drug-likeness (QED) is 0.234. The Balaban J connectivity index is 1.73. The number of carbonyl (C=O) groups is 4. The number of carboxylic acids is 1. The number of benzene rings is 2. The van der Waals surface area contributed by atoms with Gasteiger partial charge >= 0.3 is 5.97 Å². The Bertz CT molecular complexity index is 1090. The number of aliphatic carboxylic acids is 1. The van der Waals surface area contributed by atoms with E-state index in [-0.39, 0.29) is 18.1 Å². The van der Waals surface area contributed by atoms with Gasteiger partial charge in [0.25, 0.3) is 0 Å². The molecule has 1 heterocycles. The molecule has 0 radical (unpaired) electrons. The van der Waals surface area contributed by atoms with Crippen molar-refractivity contribution in [1.82, 2.24) is 15.5 Å². The number of phenolic OH excluding ortho intramolecular Hbond substituents is 1. The fourth-order valence-corrected chi connectivity index (χ4v) is 4.27. The molecule has 0 aliphatic carbocycles. The van der Waals surface area contributed by atoms with E-state index in [1.807, 2.05) is 30.3 Å². The molecule has 0 bridgehead atoms. The van der Waals surface area contributed by atoms with Crippen molar-refractivity contribution in [1.29, 1.82) is 0 Å². The van der Waals surface area contributed by atoms with Gasteiger partial charge in [-0.3, -0.25) is 14.4 Å². The maximum Gasteiger partial charge on any atom is 0.328 e. The fraction of sp³-hybridized carbons (Fsp3) is 0.385. The Kier molecular flexibility index (Phi) is 9.58. The van der Waals surface area contributed by atoms with Crippen molar-refractivity contribution < 1.29 is 34.5 Å². The zero-order valence-corrected chi connectivity index (χ0v) is 20.2. The predicted molar refractivity (Wildman–Crippen MR) is 133 cm³/mol. The summed E-state index contributed by atoms with van der Waals surface area (Å²) >= 11 is 0. The number of hydrogen-bond donors (Lipinski definition) is 6. The molecule has 4 unspecified atom stereocenters. The van der Waals surface area contributed by atoms with Gasteiger partial charge in [-0.1, -0.05) is 42.5 Å². The third-order valence-corrected chi connectivity index (χ3v) is 6.26. The summed E-state index contributed by atoms with van der Waals surface area (Å²) < 4.78 is 0. The Morgan fingerprint density at radius 1 is 0.946 bits per heavy atom. The van der Waals surface area contributed by atoms with Crippen LogP contribution in [0.4, 0.5) is 0 Å². The van der Waals surface area contributed by atoms with Gasteiger partial charge in [0.2, 0.25) is 17.7 Å². The highest BCUT2D eigenvalue weighted by molar-refractivity contribution is 5.94. The topological polar surface area (TPSA) is 182 Å². The maximum absolute atomic E-state index is 13.3. The predicted octanol–water partition coefficient (Wildman–Crippen LogP) is -0.458. The van der Waals surface area contributed by atoms with Crippen LogP contribution in [-0.4, -0.2) is 81.2 Å². The molecule has 7 N–H and O–H groups in total. The molecule has 1 aliphatic rings. The normalized spacial score (nSPS) is 17.5. The lowest BCUT2D eigenvalue weighted by molar-refractivity contribution is -0.144. The Morgan fingerprint density at radius 2 is 1.59 bits per heavy atom. The second-order valence-corrected chi connectivity index (χ2v) is 9.00. The average Bonchev–Trinajstić information content (AvgIpc) is 3.38. The molecule has 0 aromatic heterocycles. The standard InChI is InChI=1S/C26H32N4O7/c27-19(13-16-5-2-1-3-6-16)25(35)30-12-4-7-22(30)24(34)28-20(14-17-8-10-18(32)11-9-17)23(33)29-21(15-31)26(36)37/h1-3,5-6,8-11,19-22,31-32H,4,7,12-15,27H2,(H,28,34)(H,29,33)(H,36,37). The summed E-state index contributed by atoms with van der Waals surface area (Å²) in [7, 11) is 0. The number of likely N-dealkylation sites (tertiary alicyclic amines) is 1. The minimum Gasteiger partial charge on any atom is -0.508 e. The van der Waals surface area contributed by atoms with E-state index in [0.29, 0.717) is 31.4 Å². The van der Waals surface area contributed by atoms with Gasteiger partial charge < -0.3 is 36.6 Å². The first kappa shape index (κ1) is 27.6. The van der Waals surface area contributed by atoms with Gasteiger partial charge in [0.15, 0.2) is 0 Å². The molecule has 11 nitrogen and oxygen atoms in total. The number of nitrogens with zero attached hydrogens (tertiary/aromatic N) is 1. The number of aliphatic hydroxyl groups is 1. The van der Waals surface area contributed by atoms with Crippen molar-refractivity contribution in [2.75, 3.05) is 13.2 Å². The van der Waals surface area contributed by atoms with Crippen LogP contribution in [0.25, 0.3) is 0 Å². The summed E-state index contributed by atoms with van der Waals surface area (Å²) in [6.07, 6.45) is 1.28. The van der Waals surface area contributed by atoms with Gasteiger partial charge in [0, 0.05) is 13.0 Å². The summed E-state index contributed by atoms with van der Waals surface area (Å²) in [5, 5.41) is 32.9. The Hall–Kier alpha value is -3.96. The monoisotopic (exact) mass is 512 g/mol. The molecule has 1 saturated heterocycles. The number of phenols is 1. The minimum atomic E-state index is -1.55. The molecule has 2 aromatic carbocycles. The lowest BCUT2D eigenvalue weighted by Crippen LogP contribution is -2.57. The highest BCUT2D eigenvalue weighted by Gasteiger charge is 2.38. The summed E-state index contributed by atoms with van der Waals surface area (Å²) in [5.74, 6) is -3.14. The van der Waals surface area contributed by atoms with Crippen LogP contribution in [0.2, 0.25) is 0 Å². The molecule has 1 fully saturated rings. The van der Waals surface area contributed by atoms with Crippen molar-refractivity contribution in [2.45, 2.75) is 49.9 Å². The first-order chi connectivity index (χ1) is 17.7. The van der Waals surface area contributed by atoms with Gasteiger partial charge in [-0.2, -0.15) is 0 Å². The van der Waals surface area contributed by atoms with Crippen LogP contribution in [-0.2, 0) is 32.0 Å². The van der Waals surface area contributed by atoms with Crippen LogP contribution < -0.4 is 16.4 Å². The van der Waals surface area contributed by atoms with Crippen LogP contribution in [0.3, 0.4) is 0 Å². The van der Waals surface area contributed by atoms with Crippen molar-refractivity contribution in [3.8, 4) is 5.75 Å². The number of nitrogens with one attached hydrogen (secondary N) is 2. The summed E-state index contributed by atoms with van der Waals surface area (Å²) in [6, 6.07) is 10.9. The summed E-state index contributed by atoms with van der Waals surface area (Å²) in [5.41, 5.74) is 7.66. The van der Waals surface area contributed by atoms with Gasteiger partial charge in [-0.15, -0.1) is 0 Å². The van der Waals surface area contributed by atoms with E-state index in [0.717, 1.165) is 5.56 Å². The highest BCUT2D eigenvalue weighted by atomic mass is 16.4.